The number of benzene rings is 2. The molecule has 1 atom stereocenters. The molecule has 3 heteroatoms. The number of ether oxygens (including phenoxy) is 1. The van der Waals surface area contributed by atoms with Crippen molar-refractivity contribution in [3.63, 3.8) is 0 Å². The number of fused-ring (bicyclic) bond motifs is 1. The highest BCUT2D eigenvalue weighted by Crippen LogP contribution is 2.35. The van der Waals surface area contributed by atoms with E-state index in [0.717, 1.165) is 32.6 Å². The molecular weight excluding hydrogens is 260 g/mol. The maximum absolute atomic E-state index is 6.17. The number of hydrogen-bond acceptors (Lipinski definition) is 3. The second-order valence-electron chi connectivity index (χ2n) is 5.83. The largest absolute Gasteiger partial charge is 0.379 e. The van der Waals surface area contributed by atoms with Crippen molar-refractivity contribution >= 4 is 16.5 Å². The van der Waals surface area contributed by atoms with Gasteiger partial charge in [0.2, 0.25) is 0 Å². The first-order valence-electron chi connectivity index (χ1n) is 7.84. The summed E-state index contributed by atoms with van der Waals surface area (Å²) in [6, 6.07) is 15.1. The van der Waals surface area contributed by atoms with Gasteiger partial charge < -0.3 is 15.4 Å². The Kier molecular flexibility index (Phi) is 4.13. The van der Waals surface area contributed by atoms with Crippen molar-refractivity contribution in [2.75, 3.05) is 31.2 Å². The molecule has 2 aromatic rings. The van der Waals surface area contributed by atoms with Crippen molar-refractivity contribution in [3.8, 4) is 0 Å². The van der Waals surface area contributed by atoms with Crippen molar-refractivity contribution < 1.29 is 4.74 Å². The summed E-state index contributed by atoms with van der Waals surface area (Å²) in [4.78, 5) is 2.45. The Labute approximate surface area is 126 Å². The van der Waals surface area contributed by atoms with E-state index in [2.05, 4.69) is 54.3 Å². The van der Waals surface area contributed by atoms with Crippen LogP contribution in [-0.2, 0) is 4.74 Å². The highest BCUT2D eigenvalue weighted by Gasteiger charge is 2.37. The van der Waals surface area contributed by atoms with Gasteiger partial charge in [0, 0.05) is 30.8 Å². The smallest absolute Gasteiger partial charge is 0.0757 e. The van der Waals surface area contributed by atoms with Crippen LogP contribution in [0.4, 0.5) is 5.69 Å². The fraction of sp³-hybridized carbons (Fsp3) is 0.444. The molecule has 1 saturated heterocycles. The van der Waals surface area contributed by atoms with Crippen LogP contribution in [0, 0.1) is 0 Å². The van der Waals surface area contributed by atoms with E-state index in [1.165, 1.54) is 16.5 Å². The fourth-order valence-electron chi connectivity index (χ4n) is 3.53. The molecule has 2 N–H and O–H groups in total. The van der Waals surface area contributed by atoms with Crippen molar-refractivity contribution in [1.29, 1.82) is 0 Å². The molecule has 0 spiro atoms. The minimum atomic E-state index is -0.0723. The average Bonchev–Trinajstić information content (AvgIpc) is 2.56. The molecule has 1 aliphatic heterocycles. The molecule has 21 heavy (non-hydrogen) atoms. The summed E-state index contributed by atoms with van der Waals surface area (Å²) in [5.74, 6) is 0. The van der Waals surface area contributed by atoms with Crippen LogP contribution < -0.4 is 10.6 Å². The Morgan fingerprint density at radius 2 is 2.00 bits per heavy atom. The van der Waals surface area contributed by atoms with Gasteiger partial charge >= 0.3 is 0 Å². The number of nitrogens with two attached hydrogens (primary N) is 1. The molecule has 3 rings (SSSR count). The molecular formula is C18H24N2O. The lowest BCUT2D eigenvalue weighted by Gasteiger charge is -2.47. The standard InChI is InChI=1S/C18H24N2O/c1-2-20(18(13-19)11-6-12-21-14-18)17-10-5-8-15-7-3-4-9-16(15)17/h3-5,7-10H,2,6,11-14,19H2,1H3. The van der Waals surface area contributed by atoms with Crippen molar-refractivity contribution in [3.05, 3.63) is 42.5 Å². The molecule has 112 valence electrons. The third-order valence-electron chi connectivity index (χ3n) is 4.63. The topological polar surface area (TPSA) is 38.5 Å². The summed E-state index contributed by atoms with van der Waals surface area (Å²) in [7, 11) is 0. The van der Waals surface area contributed by atoms with Crippen LogP contribution in [0.15, 0.2) is 42.5 Å². The molecule has 0 saturated carbocycles. The van der Waals surface area contributed by atoms with E-state index in [-0.39, 0.29) is 5.54 Å². The Hall–Kier alpha value is -1.58. The zero-order chi connectivity index (χ0) is 14.7. The van der Waals surface area contributed by atoms with Gasteiger partial charge in [0.05, 0.1) is 12.1 Å². The van der Waals surface area contributed by atoms with Gasteiger partial charge in [-0.25, -0.2) is 0 Å². The van der Waals surface area contributed by atoms with E-state index >= 15 is 0 Å². The Bertz CT molecular complexity index is 600. The SMILES string of the molecule is CCN(c1cccc2ccccc12)C1(CN)CCCOC1. The van der Waals surface area contributed by atoms with Gasteiger partial charge in [-0.2, -0.15) is 0 Å². The third-order valence-corrected chi connectivity index (χ3v) is 4.63. The maximum Gasteiger partial charge on any atom is 0.0757 e. The second kappa shape index (κ2) is 6.04. The van der Waals surface area contributed by atoms with E-state index in [4.69, 9.17) is 10.5 Å². The Morgan fingerprint density at radius 3 is 2.71 bits per heavy atom. The van der Waals surface area contributed by atoms with Crippen molar-refractivity contribution in [1.82, 2.24) is 0 Å². The predicted octanol–water partition coefficient (Wildman–Crippen LogP) is 3.17. The van der Waals surface area contributed by atoms with Crippen LogP contribution in [0.2, 0.25) is 0 Å². The number of likely N-dealkylation sites (N-methyl/N-ethyl adjacent to an activating group) is 1. The zero-order valence-corrected chi connectivity index (χ0v) is 12.7. The van der Waals surface area contributed by atoms with Gasteiger partial charge in [0.1, 0.15) is 0 Å². The normalized spacial score (nSPS) is 22.4. The van der Waals surface area contributed by atoms with Crippen LogP contribution >= 0.6 is 0 Å². The van der Waals surface area contributed by atoms with Crippen molar-refractivity contribution in [2.45, 2.75) is 25.3 Å². The predicted molar refractivity (Wildman–Crippen MR) is 88.8 cm³/mol. The van der Waals surface area contributed by atoms with Crippen LogP contribution in [0.3, 0.4) is 0 Å². The highest BCUT2D eigenvalue weighted by molar-refractivity contribution is 5.94. The van der Waals surface area contributed by atoms with Gasteiger partial charge in [-0.15, -0.1) is 0 Å². The quantitative estimate of drug-likeness (QED) is 0.937. The number of anilines is 1. The summed E-state index contributed by atoms with van der Waals surface area (Å²) in [5.41, 5.74) is 7.37. The fourth-order valence-corrected chi connectivity index (χ4v) is 3.53. The van der Waals surface area contributed by atoms with Crippen LogP contribution in [0.5, 0.6) is 0 Å². The van der Waals surface area contributed by atoms with Gasteiger partial charge in [0.25, 0.3) is 0 Å². The number of rotatable bonds is 4. The Balaban J connectivity index is 2.09. The molecule has 0 bridgehead atoms. The summed E-state index contributed by atoms with van der Waals surface area (Å²) < 4.78 is 5.77. The molecule has 1 unspecified atom stereocenters. The minimum absolute atomic E-state index is 0.0723. The molecule has 0 aliphatic carbocycles. The zero-order valence-electron chi connectivity index (χ0n) is 12.7. The molecule has 0 radical (unpaired) electrons. The van der Waals surface area contributed by atoms with Crippen LogP contribution in [-0.4, -0.2) is 31.8 Å². The highest BCUT2D eigenvalue weighted by atomic mass is 16.5. The lowest BCUT2D eigenvalue weighted by molar-refractivity contribution is 0.0380. The Morgan fingerprint density at radius 1 is 1.19 bits per heavy atom. The molecule has 0 amide bonds. The molecule has 1 aliphatic rings. The van der Waals surface area contributed by atoms with Crippen molar-refractivity contribution in [2.24, 2.45) is 5.73 Å². The lowest BCUT2D eigenvalue weighted by atomic mass is 9.89. The van der Waals surface area contributed by atoms with Crippen LogP contribution in [0.1, 0.15) is 19.8 Å². The second-order valence-corrected chi connectivity index (χ2v) is 5.83. The van der Waals surface area contributed by atoms with E-state index in [1.54, 1.807) is 0 Å². The molecule has 0 aromatic heterocycles. The lowest BCUT2D eigenvalue weighted by Crippen LogP contribution is -2.59. The van der Waals surface area contributed by atoms with Gasteiger partial charge in [0.15, 0.2) is 0 Å². The molecule has 1 fully saturated rings. The first-order chi connectivity index (χ1) is 10.3. The molecule has 3 nitrogen and oxygen atoms in total. The summed E-state index contributed by atoms with van der Waals surface area (Å²) >= 11 is 0. The average molecular weight is 284 g/mol. The van der Waals surface area contributed by atoms with E-state index in [1.807, 2.05) is 0 Å². The van der Waals surface area contributed by atoms with E-state index < -0.39 is 0 Å². The first kappa shape index (κ1) is 14.4. The third kappa shape index (κ3) is 2.52. The number of nitrogens with zero attached hydrogens (tertiary/aromatic N) is 1. The summed E-state index contributed by atoms with van der Waals surface area (Å²) in [6.07, 6.45) is 2.18. The summed E-state index contributed by atoms with van der Waals surface area (Å²) in [6.45, 7) is 5.35. The number of hydrogen-bond donors (Lipinski definition) is 1. The molecule has 2 aromatic carbocycles. The van der Waals surface area contributed by atoms with Crippen LogP contribution in [0.25, 0.3) is 10.8 Å². The monoisotopic (exact) mass is 284 g/mol. The summed E-state index contributed by atoms with van der Waals surface area (Å²) in [5, 5.41) is 2.57. The molecule has 1 heterocycles. The van der Waals surface area contributed by atoms with Gasteiger partial charge in [-0.05, 0) is 31.2 Å². The first-order valence-corrected chi connectivity index (χ1v) is 7.84. The van der Waals surface area contributed by atoms with E-state index in [9.17, 15) is 0 Å². The van der Waals surface area contributed by atoms with Gasteiger partial charge in [-0.1, -0.05) is 36.4 Å². The van der Waals surface area contributed by atoms with Gasteiger partial charge in [-0.3, -0.25) is 0 Å². The minimum Gasteiger partial charge on any atom is -0.379 e. The van der Waals surface area contributed by atoms with E-state index in [0.29, 0.717) is 6.54 Å². The maximum atomic E-state index is 6.17.